The van der Waals surface area contributed by atoms with E-state index in [2.05, 4.69) is 0 Å². The van der Waals surface area contributed by atoms with Crippen LogP contribution in [-0.4, -0.2) is 54.9 Å². The molecule has 31 heavy (non-hydrogen) atoms. The van der Waals surface area contributed by atoms with Gasteiger partial charge in [-0.05, 0) is 36.8 Å². The van der Waals surface area contributed by atoms with Gasteiger partial charge in [-0.3, -0.25) is 0 Å². The molecule has 1 heterocycles. The lowest BCUT2D eigenvalue weighted by molar-refractivity contribution is -0.171. The van der Waals surface area contributed by atoms with Crippen LogP contribution in [0.3, 0.4) is 0 Å². The minimum absolute atomic E-state index is 0.0339. The van der Waals surface area contributed by atoms with Crippen molar-refractivity contribution in [2.24, 2.45) is 0 Å². The molecule has 2 aromatic carbocycles. The Balaban J connectivity index is 1.48. The van der Waals surface area contributed by atoms with Gasteiger partial charge >= 0.3 is 11.9 Å². The number of carbonyl (C=O) groups excluding carboxylic acids is 2. The van der Waals surface area contributed by atoms with E-state index in [9.17, 15) is 14.7 Å². The highest BCUT2D eigenvalue weighted by atomic mass is 16.7. The normalized spacial score (nSPS) is 23.8. The van der Waals surface area contributed by atoms with Crippen LogP contribution in [0.2, 0.25) is 0 Å². The van der Waals surface area contributed by atoms with Crippen LogP contribution in [0.25, 0.3) is 0 Å². The minimum atomic E-state index is -1.58. The standard InChI is InChI=1S/C24H24O7/c25-21(17-8-3-1-4-9-17)30-16-24(27)15-19(14-20(24)23-28-12-7-13-29-23)31-22(26)18-10-5-2-6-11-18/h1-6,8-11,14,19,23,27H,7,12-13,15-16H2/t19-,24-/m0/s1. The zero-order valence-corrected chi connectivity index (χ0v) is 16.9. The molecule has 0 saturated carbocycles. The van der Waals surface area contributed by atoms with Gasteiger partial charge in [-0.1, -0.05) is 36.4 Å². The smallest absolute Gasteiger partial charge is 0.338 e. The van der Waals surface area contributed by atoms with Gasteiger partial charge in [-0.25, -0.2) is 9.59 Å². The largest absolute Gasteiger partial charge is 0.459 e. The summed E-state index contributed by atoms with van der Waals surface area (Å²) < 4.78 is 22.3. The van der Waals surface area contributed by atoms with E-state index < -0.39 is 29.9 Å². The molecule has 1 saturated heterocycles. The molecule has 1 fully saturated rings. The Labute approximate surface area is 180 Å². The summed E-state index contributed by atoms with van der Waals surface area (Å²) in [6.07, 6.45) is 0.920. The van der Waals surface area contributed by atoms with Crippen molar-refractivity contribution >= 4 is 11.9 Å². The zero-order chi connectivity index (χ0) is 21.7. The molecule has 4 rings (SSSR count). The summed E-state index contributed by atoms with van der Waals surface area (Å²) in [7, 11) is 0. The molecule has 2 aromatic rings. The summed E-state index contributed by atoms with van der Waals surface area (Å²) in [5, 5.41) is 11.4. The van der Waals surface area contributed by atoms with Gasteiger partial charge in [-0.15, -0.1) is 0 Å². The van der Waals surface area contributed by atoms with Gasteiger partial charge in [0.2, 0.25) is 0 Å². The van der Waals surface area contributed by atoms with E-state index in [0.717, 1.165) is 6.42 Å². The molecule has 2 aliphatic rings. The molecule has 0 radical (unpaired) electrons. The maximum Gasteiger partial charge on any atom is 0.338 e. The number of hydrogen-bond donors (Lipinski definition) is 1. The molecule has 7 nitrogen and oxygen atoms in total. The molecular formula is C24H24O7. The summed E-state index contributed by atoms with van der Waals surface area (Å²) in [5.41, 5.74) is -0.381. The summed E-state index contributed by atoms with van der Waals surface area (Å²) in [4.78, 5) is 24.8. The van der Waals surface area contributed by atoms with Crippen molar-refractivity contribution in [3.8, 4) is 0 Å². The summed E-state index contributed by atoms with van der Waals surface area (Å²) >= 11 is 0. The van der Waals surface area contributed by atoms with Crippen molar-refractivity contribution in [2.45, 2.75) is 30.8 Å². The number of aliphatic hydroxyl groups is 1. The van der Waals surface area contributed by atoms with E-state index in [0.29, 0.717) is 29.9 Å². The van der Waals surface area contributed by atoms with E-state index >= 15 is 0 Å². The number of carbonyl (C=O) groups is 2. The number of esters is 2. The second kappa shape index (κ2) is 9.43. The SMILES string of the molecule is O=C(OC[C@@]1(O)C[C@@H](OC(=O)c2ccccc2)C=C1C1OCCCO1)c1ccccc1. The molecule has 0 bridgehead atoms. The molecule has 0 amide bonds. The number of benzene rings is 2. The van der Waals surface area contributed by atoms with Crippen molar-refractivity contribution in [2.75, 3.05) is 19.8 Å². The molecule has 0 spiro atoms. The highest BCUT2D eigenvalue weighted by molar-refractivity contribution is 5.90. The van der Waals surface area contributed by atoms with Gasteiger partial charge in [0.1, 0.15) is 18.3 Å². The predicted molar refractivity (Wildman–Crippen MR) is 110 cm³/mol. The number of hydrogen-bond acceptors (Lipinski definition) is 7. The maximum absolute atomic E-state index is 12.5. The predicted octanol–water partition coefficient (Wildman–Crippen LogP) is 2.89. The fraction of sp³-hybridized carbons (Fsp3) is 0.333. The van der Waals surface area contributed by atoms with Crippen molar-refractivity contribution in [1.82, 2.24) is 0 Å². The lowest BCUT2D eigenvalue weighted by Crippen LogP contribution is -2.43. The van der Waals surface area contributed by atoms with Crippen LogP contribution in [0, 0.1) is 0 Å². The molecule has 162 valence electrons. The minimum Gasteiger partial charge on any atom is -0.459 e. The average Bonchev–Trinajstić information content (AvgIpc) is 3.15. The Morgan fingerprint density at radius 2 is 1.52 bits per heavy atom. The van der Waals surface area contributed by atoms with Gasteiger partial charge < -0.3 is 24.1 Å². The van der Waals surface area contributed by atoms with E-state index in [1.54, 1.807) is 60.7 Å². The topological polar surface area (TPSA) is 91.3 Å². The lowest BCUT2D eigenvalue weighted by Gasteiger charge is -2.32. The van der Waals surface area contributed by atoms with Crippen LogP contribution in [0.1, 0.15) is 33.6 Å². The number of ether oxygens (including phenoxy) is 4. The first kappa shape index (κ1) is 21.2. The van der Waals surface area contributed by atoms with E-state index in [1.807, 2.05) is 6.07 Å². The number of rotatable bonds is 6. The summed E-state index contributed by atoms with van der Waals surface area (Å²) in [5.74, 6) is -1.05. The second-order valence-corrected chi connectivity index (χ2v) is 7.54. The quantitative estimate of drug-likeness (QED) is 0.563. The first-order valence-electron chi connectivity index (χ1n) is 10.2. The van der Waals surface area contributed by atoms with E-state index in [-0.39, 0.29) is 13.0 Å². The first-order valence-corrected chi connectivity index (χ1v) is 10.2. The van der Waals surface area contributed by atoms with E-state index in [1.165, 1.54) is 0 Å². The Morgan fingerprint density at radius 1 is 0.935 bits per heavy atom. The van der Waals surface area contributed by atoms with Gasteiger partial charge in [0, 0.05) is 12.0 Å². The Bertz CT molecular complexity index is 935. The summed E-state index contributed by atoms with van der Waals surface area (Å²) in [6, 6.07) is 17.1. The van der Waals surface area contributed by atoms with E-state index in [4.69, 9.17) is 18.9 Å². The molecule has 0 aromatic heterocycles. The fourth-order valence-corrected chi connectivity index (χ4v) is 3.67. The van der Waals surface area contributed by atoms with Gasteiger partial charge in [0.05, 0.1) is 24.3 Å². The van der Waals surface area contributed by atoms with Gasteiger partial charge in [-0.2, -0.15) is 0 Å². The van der Waals surface area contributed by atoms with Crippen molar-refractivity contribution in [1.29, 1.82) is 0 Å². The molecule has 1 aliphatic heterocycles. The van der Waals surface area contributed by atoms with Crippen LogP contribution in [-0.2, 0) is 18.9 Å². The highest BCUT2D eigenvalue weighted by Gasteiger charge is 2.47. The molecule has 1 N–H and O–H groups in total. The molecule has 2 atom stereocenters. The van der Waals surface area contributed by atoms with Crippen LogP contribution in [0.15, 0.2) is 72.3 Å². The highest BCUT2D eigenvalue weighted by Crippen LogP contribution is 2.37. The third kappa shape index (κ3) is 5.02. The third-order valence-corrected chi connectivity index (χ3v) is 5.24. The molecule has 7 heteroatoms. The lowest BCUT2D eigenvalue weighted by atomic mass is 9.95. The van der Waals surface area contributed by atoms with Crippen LogP contribution >= 0.6 is 0 Å². The Kier molecular flexibility index (Phi) is 6.46. The van der Waals surface area contributed by atoms with Crippen LogP contribution < -0.4 is 0 Å². The zero-order valence-electron chi connectivity index (χ0n) is 16.9. The fourth-order valence-electron chi connectivity index (χ4n) is 3.67. The van der Waals surface area contributed by atoms with Crippen molar-refractivity contribution in [3.63, 3.8) is 0 Å². The van der Waals surface area contributed by atoms with Crippen LogP contribution in [0.5, 0.6) is 0 Å². The van der Waals surface area contributed by atoms with Gasteiger partial charge in [0.25, 0.3) is 0 Å². The average molecular weight is 424 g/mol. The first-order chi connectivity index (χ1) is 15.0. The monoisotopic (exact) mass is 424 g/mol. The molecule has 0 unspecified atom stereocenters. The Morgan fingerprint density at radius 3 is 2.13 bits per heavy atom. The Hall–Kier alpha value is -3.00. The molecule has 1 aliphatic carbocycles. The maximum atomic E-state index is 12.5. The van der Waals surface area contributed by atoms with Crippen molar-refractivity contribution < 1.29 is 33.6 Å². The van der Waals surface area contributed by atoms with Gasteiger partial charge in [0.15, 0.2) is 6.29 Å². The summed E-state index contributed by atoms with van der Waals surface area (Å²) in [6.45, 7) is 0.655. The van der Waals surface area contributed by atoms with Crippen LogP contribution in [0.4, 0.5) is 0 Å². The third-order valence-electron chi connectivity index (χ3n) is 5.24. The second-order valence-electron chi connectivity index (χ2n) is 7.54. The van der Waals surface area contributed by atoms with Crippen molar-refractivity contribution in [3.05, 3.63) is 83.4 Å². The molecular weight excluding hydrogens is 400 g/mol.